The Balaban J connectivity index is 1.84. The Morgan fingerprint density at radius 2 is 2.13 bits per heavy atom. The molecule has 1 heterocycles. The molecular formula is C16H16FN3O3. The van der Waals surface area contributed by atoms with Crippen LogP contribution in [0.5, 0.6) is 0 Å². The lowest BCUT2D eigenvalue weighted by Crippen LogP contribution is -2.32. The zero-order valence-electron chi connectivity index (χ0n) is 12.5. The van der Waals surface area contributed by atoms with E-state index in [4.69, 9.17) is 4.74 Å². The highest BCUT2D eigenvalue weighted by molar-refractivity contribution is 5.98. The number of amides is 2. The van der Waals surface area contributed by atoms with Gasteiger partial charge in [0.2, 0.25) is 5.91 Å². The molecule has 120 valence electrons. The zero-order valence-corrected chi connectivity index (χ0v) is 12.5. The molecular weight excluding hydrogens is 301 g/mol. The Morgan fingerprint density at radius 1 is 1.39 bits per heavy atom. The van der Waals surface area contributed by atoms with Gasteiger partial charge in [0.05, 0.1) is 18.3 Å². The molecule has 1 aliphatic carbocycles. The molecule has 1 saturated heterocycles. The lowest BCUT2D eigenvalue weighted by atomic mass is 9.87. The normalized spacial score (nSPS) is 19.3. The number of hydrogen-bond donors (Lipinski definition) is 1. The average Bonchev–Trinajstić information content (AvgIpc) is 3.19. The van der Waals surface area contributed by atoms with E-state index in [0.29, 0.717) is 25.1 Å². The predicted molar refractivity (Wildman–Crippen MR) is 80.2 cm³/mol. The molecule has 2 aliphatic rings. The minimum absolute atomic E-state index is 0.0336. The van der Waals surface area contributed by atoms with E-state index in [-0.39, 0.29) is 12.3 Å². The van der Waals surface area contributed by atoms with Gasteiger partial charge in [-0.3, -0.25) is 9.69 Å². The summed E-state index contributed by atoms with van der Waals surface area (Å²) in [5.74, 6) is -1.10. The van der Waals surface area contributed by atoms with Crippen LogP contribution in [0.1, 0.15) is 25.7 Å². The highest BCUT2D eigenvalue weighted by Gasteiger charge is 2.41. The van der Waals surface area contributed by atoms with E-state index in [1.165, 1.54) is 23.1 Å². The van der Waals surface area contributed by atoms with Gasteiger partial charge in [0, 0.05) is 5.69 Å². The average molecular weight is 317 g/mol. The lowest BCUT2D eigenvalue weighted by Gasteiger charge is -2.20. The Morgan fingerprint density at radius 3 is 2.74 bits per heavy atom. The quantitative estimate of drug-likeness (QED) is 0.929. The van der Waals surface area contributed by atoms with Crippen LogP contribution in [0.15, 0.2) is 18.2 Å². The number of anilines is 2. The highest BCUT2D eigenvalue weighted by Crippen LogP contribution is 2.39. The molecule has 1 saturated carbocycles. The van der Waals surface area contributed by atoms with Crippen molar-refractivity contribution >= 4 is 23.4 Å². The smallest absolute Gasteiger partial charge is 0.414 e. The van der Waals surface area contributed by atoms with Crippen molar-refractivity contribution in [1.82, 2.24) is 0 Å². The summed E-state index contributed by atoms with van der Waals surface area (Å²) in [5, 5.41) is 11.8. The fraction of sp³-hybridized carbons (Fsp3) is 0.438. The Hall–Kier alpha value is -2.62. The monoisotopic (exact) mass is 317 g/mol. The van der Waals surface area contributed by atoms with Crippen LogP contribution < -0.4 is 10.2 Å². The van der Waals surface area contributed by atoms with Crippen molar-refractivity contribution in [2.75, 3.05) is 23.4 Å². The summed E-state index contributed by atoms with van der Waals surface area (Å²) in [7, 11) is 0. The van der Waals surface area contributed by atoms with Gasteiger partial charge in [-0.1, -0.05) is 12.8 Å². The van der Waals surface area contributed by atoms with Crippen LogP contribution in [-0.4, -0.2) is 25.2 Å². The summed E-state index contributed by atoms with van der Waals surface area (Å²) in [6, 6.07) is 6.10. The van der Waals surface area contributed by atoms with E-state index < -0.39 is 23.2 Å². The van der Waals surface area contributed by atoms with Gasteiger partial charge in [-0.25, -0.2) is 9.18 Å². The maximum absolute atomic E-state index is 14.0. The molecule has 1 N–H and O–H groups in total. The van der Waals surface area contributed by atoms with E-state index in [9.17, 15) is 19.2 Å². The SMILES string of the molecule is N#CC1(C(=O)Nc2cc(N3CCOC3=O)ccc2F)CCCC1. The summed E-state index contributed by atoms with van der Waals surface area (Å²) in [5.41, 5.74) is -0.676. The summed E-state index contributed by atoms with van der Waals surface area (Å²) < 4.78 is 18.8. The van der Waals surface area contributed by atoms with Crippen molar-refractivity contribution < 1.29 is 18.7 Å². The molecule has 1 aromatic carbocycles. The van der Waals surface area contributed by atoms with Gasteiger partial charge < -0.3 is 10.1 Å². The maximum atomic E-state index is 14.0. The topological polar surface area (TPSA) is 82.4 Å². The van der Waals surface area contributed by atoms with Crippen LogP contribution in [-0.2, 0) is 9.53 Å². The van der Waals surface area contributed by atoms with Crippen LogP contribution in [0.25, 0.3) is 0 Å². The van der Waals surface area contributed by atoms with Crippen LogP contribution in [0, 0.1) is 22.6 Å². The Bertz CT molecular complexity index is 692. The molecule has 1 aliphatic heterocycles. The van der Waals surface area contributed by atoms with Gasteiger partial charge in [0.25, 0.3) is 0 Å². The van der Waals surface area contributed by atoms with E-state index in [1.54, 1.807) is 0 Å². The fourth-order valence-electron chi connectivity index (χ4n) is 3.02. The van der Waals surface area contributed by atoms with Crippen molar-refractivity contribution in [3.63, 3.8) is 0 Å². The first-order chi connectivity index (χ1) is 11.1. The molecule has 0 radical (unpaired) electrons. The third-order valence-electron chi connectivity index (χ3n) is 4.38. The van der Waals surface area contributed by atoms with Crippen LogP contribution >= 0.6 is 0 Å². The molecule has 3 rings (SSSR count). The number of nitrogens with one attached hydrogen (secondary N) is 1. The fourth-order valence-corrected chi connectivity index (χ4v) is 3.02. The number of ether oxygens (including phenoxy) is 1. The first-order valence-electron chi connectivity index (χ1n) is 7.52. The Kier molecular flexibility index (Phi) is 3.90. The summed E-state index contributed by atoms with van der Waals surface area (Å²) >= 11 is 0. The van der Waals surface area contributed by atoms with Crippen molar-refractivity contribution in [2.24, 2.45) is 5.41 Å². The number of hydrogen-bond acceptors (Lipinski definition) is 4. The molecule has 0 aromatic heterocycles. The summed E-state index contributed by atoms with van der Waals surface area (Å²) in [6.07, 6.45) is 2.08. The number of carbonyl (C=O) groups is 2. The zero-order chi connectivity index (χ0) is 16.4. The van der Waals surface area contributed by atoms with Crippen LogP contribution in [0.2, 0.25) is 0 Å². The van der Waals surface area contributed by atoms with Gasteiger partial charge in [-0.2, -0.15) is 5.26 Å². The van der Waals surface area contributed by atoms with Crippen molar-refractivity contribution in [3.8, 4) is 6.07 Å². The summed E-state index contributed by atoms with van der Waals surface area (Å²) in [4.78, 5) is 25.4. The third kappa shape index (κ3) is 2.72. The van der Waals surface area contributed by atoms with E-state index >= 15 is 0 Å². The van der Waals surface area contributed by atoms with Crippen LogP contribution in [0.4, 0.5) is 20.6 Å². The maximum Gasteiger partial charge on any atom is 0.414 e. The molecule has 0 atom stereocenters. The second kappa shape index (κ2) is 5.88. The number of rotatable bonds is 3. The number of carbonyl (C=O) groups excluding carboxylic acids is 2. The van der Waals surface area contributed by atoms with Crippen molar-refractivity contribution in [2.45, 2.75) is 25.7 Å². The van der Waals surface area contributed by atoms with Gasteiger partial charge in [-0.15, -0.1) is 0 Å². The number of benzene rings is 1. The minimum Gasteiger partial charge on any atom is -0.447 e. The van der Waals surface area contributed by atoms with Gasteiger partial charge in [0.15, 0.2) is 0 Å². The largest absolute Gasteiger partial charge is 0.447 e. The number of cyclic esters (lactones) is 1. The van der Waals surface area contributed by atoms with Crippen molar-refractivity contribution in [3.05, 3.63) is 24.0 Å². The van der Waals surface area contributed by atoms with Crippen LogP contribution in [0.3, 0.4) is 0 Å². The van der Waals surface area contributed by atoms with E-state index in [1.807, 2.05) is 0 Å². The lowest BCUT2D eigenvalue weighted by molar-refractivity contribution is -0.122. The second-order valence-corrected chi connectivity index (χ2v) is 5.79. The third-order valence-corrected chi connectivity index (χ3v) is 4.38. The minimum atomic E-state index is -1.09. The predicted octanol–water partition coefficient (Wildman–Crippen LogP) is 2.80. The number of halogens is 1. The van der Waals surface area contributed by atoms with E-state index in [0.717, 1.165) is 12.8 Å². The molecule has 2 amide bonds. The molecule has 7 heteroatoms. The molecule has 1 aromatic rings. The number of nitriles is 1. The molecule has 0 bridgehead atoms. The second-order valence-electron chi connectivity index (χ2n) is 5.79. The summed E-state index contributed by atoms with van der Waals surface area (Å²) in [6.45, 7) is 0.648. The van der Waals surface area contributed by atoms with Gasteiger partial charge in [-0.05, 0) is 31.0 Å². The first-order valence-corrected chi connectivity index (χ1v) is 7.52. The Labute approximate surface area is 132 Å². The standard InChI is InChI=1S/C16H16FN3O3/c17-12-4-3-11(20-7-8-23-15(20)22)9-13(12)19-14(21)16(10-18)5-1-2-6-16/h3-4,9H,1-2,5-8H2,(H,19,21). The van der Waals surface area contributed by atoms with E-state index in [2.05, 4.69) is 11.4 Å². The molecule has 0 unspecified atom stereocenters. The highest BCUT2D eigenvalue weighted by atomic mass is 19.1. The molecule has 6 nitrogen and oxygen atoms in total. The number of nitrogens with zero attached hydrogens (tertiary/aromatic N) is 2. The van der Waals surface area contributed by atoms with Gasteiger partial charge in [0.1, 0.15) is 17.8 Å². The first kappa shape index (κ1) is 15.3. The van der Waals surface area contributed by atoms with Gasteiger partial charge >= 0.3 is 6.09 Å². The molecule has 2 fully saturated rings. The van der Waals surface area contributed by atoms with Crippen molar-refractivity contribution in [1.29, 1.82) is 5.26 Å². The molecule has 0 spiro atoms. The molecule has 23 heavy (non-hydrogen) atoms.